The molecule has 1 saturated heterocycles. The molecule has 1 aliphatic heterocycles. The van der Waals surface area contributed by atoms with Crippen LogP contribution >= 0.6 is 34.4 Å². The van der Waals surface area contributed by atoms with E-state index in [9.17, 15) is 13.2 Å². The SMILES string of the molecule is O=C(Nc1nnc(SCc2cccs2)s1)C1CCCN(S(=O)(=O)c2ccccc2)C1. The molecule has 1 fully saturated rings. The van der Waals surface area contributed by atoms with E-state index in [-0.39, 0.29) is 17.3 Å². The van der Waals surface area contributed by atoms with Gasteiger partial charge in [0.15, 0.2) is 4.34 Å². The van der Waals surface area contributed by atoms with Crippen molar-refractivity contribution >= 4 is 55.5 Å². The second-order valence-corrected chi connectivity index (χ2v) is 11.9. The number of amides is 1. The quantitative estimate of drug-likeness (QED) is 0.407. The molecule has 3 heterocycles. The number of piperidine rings is 1. The number of thioether (sulfide) groups is 1. The Morgan fingerprint density at radius 3 is 2.80 bits per heavy atom. The molecule has 0 bridgehead atoms. The van der Waals surface area contributed by atoms with Gasteiger partial charge >= 0.3 is 0 Å². The highest BCUT2D eigenvalue weighted by molar-refractivity contribution is 8.00. The molecular weight excluding hydrogens is 461 g/mol. The van der Waals surface area contributed by atoms with Crippen molar-refractivity contribution in [1.29, 1.82) is 0 Å². The van der Waals surface area contributed by atoms with Crippen molar-refractivity contribution in [2.75, 3.05) is 18.4 Å². The van der Waals surface area contributed by atoms with E-state index in [0.717, 1.165) is 10.1 Å². The van der Waals surface area contributed by atoms with Crippen molar-refractivity contribution in [3.05, 3.63) is 52.7 Å². The summed E-state index contributed by atoms with van der Waals surface area (Å²) in [6.07, 6.45) is 1.29. The van der Waals surface area contributed by atoms with Crippen LogP contribution in [-0.2, 0) is 20.6 Å². The molecule has 1 atom stereocenters. The predicted molar refractivity (Wildman–Crippen MR) is 120 cm³/mol. The fourth-order valence-electron chi connectivity index (χ4n) is 3.17. The van der Waals surface area contributed by atoms with Crippen molar-refractivity contribution in [2.45, 2.75) is 27.8 Å². The van der Waals surface area contributed by atoms with E-state index in [2.05, 4.69) is 21.6 Å². The Labute approximate surface area is 187 Å². The van der Waals surface area contributed by atoms with Crippen molar-refractivity contribution in [3.63, 3.8) is 0 Å². The number of hydrogen-bond acceptors (Lipinski definition) is 8. The summed E-state index contributed by atoms with van der Waals surface area (Å²) in [5.74, 6) is 0.187. The first-order chi connectivity index (χ1) is 14.5. The highest BCUT2D eigenvalue weighted by Crippen LogP contribution is 2.30. The van der Waals surface area contributed by atoms with E-state index in [1.54, 1.807) is 53.4 Å². The largest absolute Gasteiger partial charge is 0.300 e. The first kappa shape index (κ1) is 21.4. The maximum absolute atomic E-state index is 12.9. The fraction of sp³-hybridized carbons (Fsp3) is 0.316. The molecule has 0 aliphatic carbocycles. The van der Waals surface area contributed by atoms with Gasteiger partial charge in [0, 0.05) is 23.7 Å². The molecular formula is C19H20N4O3S4. The molecule has 4 rings (SSSR count). The zero-order valence-electron chi connectivity index (χ0n) is 15.9. The molecule has 3 aromatic rings. The van der Waals surface area contributed by atoms with Gasteiger partial charge in [-0.3, -0.25) is 4.79 Å². The molecule has 2 aromatic heterocycles. The normalized spacial score (nSPS) is 17.7. The van der Waals surface area contributed by atoms with Crippen LogP contribution in [0.4, 0.5) is 5.13 Å². The molecule has 1 aliphatic rings. The van der Waals surface area contributed by atoms with E-state index >= 15 is 0 Å². The van der Waals surface area contributed by atoms with Crippen LogP contribution in [0.5, 0.6) is 0 Å². The highest BCUT2D eigenvalue weighted by atomic mass is 32.2. The number of nitrogens with one attached hydrogen (secondary N) is 1. The summed E-state index contributed by atoms with van der Waals surface area (Å²) in [6, 6.07) is 12.4. The Kier molecular flexibility index (Phi) is 6.84. The lowest BCUT2D eigenvalue weighted by Crippen LogP contribution is -2.43. The third-order valence-electron chi connectivity index (χ3n) is 4.69. The number of aromatic nitrogens is 2. The van der Waals surface area contributed by atoms with Crippen LogP contribution in [0.15, 0.2) is 57.1 Å². The molecule has 7 nitrogen and oxygen atoms in total. The predicted octanol–water partition coefficient (Wildman–Crippen LogP) is 3.93. The average Bonchev–Trinajstić information content (AvgIpc) is 3.45. The first-order valence-electron chi connectivity index (χ1n) is 9.37. The van der Waals surface area contributed by atoms with Gasteiger partial charge in [-0.2, -0.15) is 4.31 Å². The summed E-state index contributed by atoms with van der Waals surface area (Å²) in [5.41, 5.74) is 0. The Hall–Kier alpha value is -1.79. The second kappa shape index (κ2) is 9.56. The lowest BCUT2D eigenvalue weighted by molar-refractivity contribution is -0.120. The number of carbonyl (C=O) groups is 1. The van der Waals surface area contributed by atoms with Gasteiger partial charge in [0.05, 0.1) is 10.8 Å². The fourth-order valence-corrected chi connectivity index (χ4v) is 7.24. The third kappa shape index (κ3) is 5.09. The summed E-state index contributed by atoms with van der Waals surface area (Å²) >= 11 is 4.60. The molecule has 0 saturated carbocycles. The molecule has 1 amide bonds. The standard InChI is InChI=1S/C19H20N4O3S4/c24-17(20-18-21-22-19(29-18)28-13-15-7-5-11-27-15)14-6-4-10-23(12-14)30(25,26)16-8-2-1-3-9-16/h1-3,5,7-9,11,14H,4,6,10,12-13H2,(H,20,21,24). The van der Waals surface area contributed by atoms with Crippen molar-refractivity contribution in [3.8, 4) is 0 Å². The minimum atomic E-state index is -3.60. The van der Waals surface area contributed by atoms with Gasteiger partial charge in [-0.05, 0) is 36.4 Å². The van der Waals surface area contributed by atoms with Crippen LogP contribution in [0.1, 0.15) is 17.7 Å². The smallest absolute Gasteiger partial charge is 0.243 e. The second-order valence-electron chi connectivity index (χ2n) is 6.75. The summed E-state index contributed by atoms with van der Waals surface area (Å²) in [4.78, 5) is 14.2. The van der Waals surface area contributed by atoms with E-state index in [4.69, 9.17) is 0 Å². The van der Waals surface area contributed by atoms with Gasteiger partial charge < -0.3 is 5.32 Å². The van der Waals surface area contributed by atoms with Gasteiger partial charge in [-0.15, -0.1) is 21.5 Å². The van der Waals surface area contributed by atoms with Gasteiger partial charge in [0.1, 0.15) is 0 Å². The number of sulfonamides is 1. The zero-order chi connectivity index (χ0) is 21.0. The lowest BCUT2D eigenvalue weighted by atomic mass is 9.99. The molecule has 158 valence electrons. The summed E-state index contributed by atoms with van der Waals surface area (Å²) in [6.45, 7) is 0.588. The number of thiophene rings is 1. The Bertz CT molecular complexity index is 1080. The van der Waals surface area contributed by atoms with E-state index < -0.39 is 15.9 Å². The monoisotopic (exact) mass is 480 g/mol. The summed E-state index contributed by atoms with van der Waals surface area (Å²) < 4.78 is 27.9. The number of carbonyl (C=O) groups excluding carboxylic acids is 1. The van der Waals surface area contributed by atoms with Gasteiger partial charge in [-0.1, -0.05) is 47.4 Å². The highest BCUT2D eigenvalue weighted by Gasteiger charge is 2.33. The Balaban J connectivity index is 1.36. The molecule has 1 unspecified atom stereocenters. The van der Waals surface area contributed by atoms with Crippen LogP contribution in [0.3, 0.4) is 0 Å². The maximum Gasteiger partial charge on any atom is 0.243 e. The minimum absolute atomic E-state index is 0.169. The van der Waals surface area contributed by atoms with Gasteiger partial charge in [-0.25, -0.2) is 8.42 Å². The van der Waals surface area contributed by atoms with Gasteiger partial charge in [0.25, 0.3) is 0 Å². The van der Waals surface area contributed by atoms with Crippen LogP contribution in [0, 0.1) is 5.92 Å². The van der Waals surface area contributed by atoms with Crippen molar-refractivity contribution in [1.82, 2.24) is 14.5 Å². The Morgan fingerprint density at radius 2 is 2.03 bits per heavy atom. The van der Waals surface area contributed by atoms with Crippen molar-refractivity contribution < 1.29 is 13.2 Å². The number of anilines is 1. The third-order valence-corrected chi connectivity index (χ3v) is 9.65. The van der Waals surface area contributed by atoms with E-state index in [0.29, 0.717) is 24.5 Å². The van der Waals surface area contributed by atoms with Crippen LogP contribution in [0.25, 0.3) is 0 Å². The van der Waals surface area contributed by atoms with Crippen molar-refractivity contribution in [2.24, 2.45) is 5.92 Å². The number of rotatable bonds is 7. The first-order valence-corrected chi connectivity index (χ1v) is 13.5. The lowest BCUT2D eigenvalue weighted by Gasteiger charge is -2.31. The maximum atomic E-state index is 12.9. The summed E-state index contributed by atoms with van der Waals surface area (Å²) in [5, 5.41) is 13.5. The van der Waals surface area contributed by atoms with E-state index in [1.165, 1.54) is 20.5 Å². The number of benzene rings is 1. The Morgan fingerprint density at radius 1 is 1.20 bits per heavy atom. The van der Waals surface area contributed by atoms with Crippen LogP contribution < -0.4 is 5.32 Å². The molecule has 1 aromatic carbocycles. The van der Waals surface area contributed by atoms with Gasteiger partial charge in [0.2, 0.25) is 21.1 Å². The molecule has 0 radical (unpaired) electrons. The number of hydrogen-bond donors (Lipinski definition) is 1. The zero-order valence-corrected chi connectivity index (χ0v) is 19.2. The number of nitrogens with zero attached hydrogens (tertiary/aromatic N) is 3. The average molecular weight is 481 g/mol. The topological polar surface area (TPSA) is 92.3 Å². The molecule has 11 heteroatoms. The van der Waals surface area contributed by atoms with Crippen LogP contribution in [0.2, 0.25) is 0 Å². The minimum Gasteiger partial charge on any atom is -0.300 e. The molecule has 0 spiro atoms. The summed E-state index contributed by atoms with van der Waals surface area (Å²) in [7, 11) is -3.60. The van der Waals surface area contributed by atoms with E-state index in [1.807, 2.05) is 11.4 Å². The molecule has 30 heavy (non-hydrogen) atoms. The molecule has 1 N–H and O–H groups in total. The van der Waals surface area contributed by atoms with Crippen LogP contribution in [-0.4, -0.2) is 41.9 Å².